The zero-order chi connectivity index (χ0) is 17.9. The molecule has 5 N–H and O–H groups in total. The zero-order valence-corrected chi connectivity index (χ0v) is 13.3. The van der Waals surface area contributed by atoms with Crippen LogP contribution in [0.3, 0.4) is 0 Å². The van der Waals surface area contributed by atoms with Crippen molar-refractivity contribution in [3.05, 3.63) is 59.2 Å². The molecule has 0 amide bonds. The number of benzene rings is 2. The Hall–Kier alpha value is -2.92. The van der Waals surface area contributed by atoms with Gasteiger partial charge in [-0.1, -0.05) is 24.3 Å². The Labute approximate surface area is 140 Å². The van der Waals surface area contributed by atoms with Crippen molar-refractivity contribution in [2.75, 3.05) is 0 Å². The lowest BCUT2D eigenvalue weighted by atomic mass is 9.99. The van der Waals surface area contributed by atoms with E-state index in [2.05, 4.69) is 6.58 Å². The topological polar surface area (TPSA) is 101 Å². The van der Waals surface area contributed by atoms with Crippen LogP contribution in [0.25, 0.3) is 12.2 Å². The first-order chi connectivity index (χ1) is 11.3. The highest BCUT2D eigenvalue weighted by Gasteiger charge is 2.13. The number of phenolic OH excluding ortho intramolecular Hbond substituents is 4. The molecule has 0 heterocycles. The number of aromatic hydroxyl groups is 4. The third kappa shape index (κ3) is 4.30. The van der Waals surface area contributed by atoms with E-state index in [1.54, 1.807) is 25.1 Å². The maximum atomic E-state index is 9.93. The second-order valence-corrected chi connectivity index (χ2v) is 5.73. The highest BCUT2D eigenvalue weighted by atomic mass is 16.3. The Kier molecular flexibility index (Phi) is 5.16. The molecule has 2 rings (SSSR count). The van der Waals surface area contributed by atoms with Crippen LogP contribution in [0.4, 0.5) is 0 Å². The molecule has 0 aliphatic rings. The average molecular weight is 328 g/mol. The van der Waals surface area contributed by atoms with Crippen LogP contribution in [0, 0.1) is 0 Å². The summed E-state index contributed by atoms with van der Waals surface area (Å²) in [5.74, 6) is -0.691. The van der Waals surface area contributed by atoms with Crippen molar-refractivity contribution in [3.63, 3.8) is 0 Å². The molecule has 0 aromatic heterocycles. The van der Waals surface area contributed by atoms with Crippen LogP contribution in [-0.4, -0.2) is 31.6 Å². The molecule has 0 fully saturated rings. The summed E-state index contributed by atoms with van der Waals surface area (Å²) in [6.07, 6.45) is 2.61. The minimum atomic E-state index is -0.822. The van der Waals surface area contributed by atoms with E-state index in [1.165, 1.54) is 24.3 Å². The van der Waals surface area contributed by atoms with Gasteiger partial charge in [0, 0.05) is 18.1 Å². The minimum absolute atomic E-state index is 0.0616. The molecule has 1 atom stereocenters. The Balaban J connectivity index is 2.32. The van der Waals surface area contributed by atoms with Gasteiger partial charge in [-0.15, -0.1) is 0 Å². The quantitative estimate of drug-likeness (QED) is 0.330. The number of hydrogen-bond donors (Lipinski definition) is 5. The largest absolute Gasteiger partial charge is 0.508 e. The molecule has 5 nitrogen and oxygen atoms in total. The van der Waals surface area contributed by atoms with Crippen LogP contribution >= 0.6 is 0 Å². The Morgan fingerprint density at radius 2 is 1.50 bits per heavy atom. The molecule has 0 aliphatic heterocycles. The summed E-state index contributed by atoms with van der Waals surface area (Å²) in [6, 6.07) is 7.19. The fourth-order valence-corrected chi connectivity index (χ4v) is 2.24. The second-order valence-electron chi connectivity index (χ2n) is 5.73. The summed E-state index contributed by atoms with van der Waals surface area (Å²) in [7, 11) is 0. The molecule has 0 radical (unpaired) electrons. The monoisotopic (exact) mass is 328 g/mol. The molecule has 0 spiro atoms. The summed E-state index contributed by atoms with van der Waals surface area (Å²) < 4.78 is 0. The third-order valence-electron chi connectivity index (χ3n) is 3.57. The van der Waals surface area contributed by atoms with E-state index in [9.17, 15) is 25.5 Å². The van der Waals surface area contributed by atoms with Crippen LogP contribution in [0.2, 0.25) is 0 Å². The van der Waals surface area contributed by atoms with Gasteiger partial charge >= 0.3 is 0 Å². The normalized spacial score (nSPS) is 12.4. The van der Waals surface area contributed by atoms with E-state index in [1.807, 2.05) is 0 Å². The number of aliphatic hydroxyl groups excluding tert-OH is 1. The summed E-state index contributed by atoms with van der Waals surface area (Å²) in [5, 5.41) is 48.6. The van der Waals surface area contributed by atoms with Crippen LogP contribution in [0.1, 0.15) is 23.6 Å². The van der Waals surface area contributed by atoms with Crippen molar-refractivity contribution in [1.29, 1.82) is 0 Å². The second kappa shape index (κ2) is 7.10. The summed E-state index contributed by atoms with van der Waals surface area (Å²) in [6.45, 7) is 5.34. The van der Waals surface area contributed by atoms with E-state index in [0.717, 1.165) is 0 Å². The molecule has 126 valence electrons. The predicted octanol–water partition coefficient (Wildman–Crippen LogP) is 3.16. The molecule has 0 saturated heterocycles. The van der Waals surface area contributed by atoms with E-state index in [4.69, 9.17) is 0 Å². The van der Waals surface area contributed by atoms with Crippen molar-refractivity contribution in [2.24, 2.45) is 0 Å². The predicted molar refractivity (Wildman–Crippen MR) is 93.0 cm³/mol. The molecular formula is C19H20O5. The smallest absolute Gasteiger partial charge is 0.160 e. The molecule has 5 heteroatoms. The van der Waals surface area contributed by atoms with Gasteiger partial charge in [-0.05, 0) is 42.3 Å². The highest BCUT2D eigenvalue weighted by molar-refractivity contribution is 5.72. The minimum Gasteiger partial charge on any atom is -0.508 e. The lowest BCUT2D eigenvalue weighted by Crippen LogP contribution is -2.11. The molecule has 24 heavy (non-hydrogen) atoms. The number of aliphatic hydroxyl groups is 1. The first kappa shape index (κ1) is 17.4. The van der Waals surface area contributed by atoms with Crippen LogP contribution in [0.15, 0.2) is 42.5 Å². The Morgan fingerprint density at radius 3 is 2.04 bits per heavy atom. The first-order valence-corrected chi connectivity index (χ1v) is 7.35. The summed E-state index contributed by atoms with van der Waals surface area (Å²) in [5.41, 5.74) is 2.12. The highest BCUT2D eigenvalue weighted by Crippen LogP contribution is 2.32. The van der Waals surface area contributed by atoms with Gasteiger partial charge in [0.05, 0.1) is 6.10 Å². The van der Waals surface area contributed by atoms with Gasteiger partial charge in [0.2, 0.25) is 0 Å². The number of hydrogen-bond acceptors (Lipinski definition) is 5. The lowest BCUT2D eigenvalue weighted by molar-refractivity contribution is 0.210. The van der Waals surface area contributed by atoms with Gasteiger partial charge in [-0.3, -0.25) is 0 Å². The maximum absolute atomic E-state index is 9.93. The Morgan fingerprint density at radius 1 is 0.958 bits per heavy atom. The molecule has 0 aliphatic carbocycles. The van der Waals surface area contributed by atoms with Crippen LogP contribution in [0.5, 0.6) is 23.0 Å². The zero-order valence-electron chi connectivity index (χ0n) is 13.3. The third-order valence-corrected chi connectivity index (χ3v) is 3.57. The molecular weight excluding hydrogens is 308 g/mol. The number of rotatable bonds is 5. The van der Waals surface area contributed by atoms with Gasteiger partial charge in [0.1, 0.15) is 11.5 Å². The fraction of sp³-hybridized carbons (Fsp3) is 0.158. The molecule has 0 bridgehead atoms. The Bertz CT molecular complexity index is 772. The summed E-state index contributed by atoms with van der Waals surface area (Å²) in [4.78, 5) is 0. The van der Waals surface area contributed by atoms with Crippen molar-refractivity contribution in [2.45, 2.75) is 19.4 Å². The van der Waals surface area contributed by atoms with E-state index in [0.29, 0.717) is 22.3 Å². The van der Waals surface area contributed by atoms with Gasteiger partial charge in [-0.25, -0.2) is 0 Å². The van der Waals surface area contributed by atoms with Crippen molar-refractivity contribution in [3.8, 4) is 23.0 Å². The summed E-state index contributed by atoms with van der Waals surface area (Å²) >= 11 is 0. The first-order valence-electron chi connectivity index (χ1n) is 7.35. The number of phenols is 4. The van der Waals surface area contributed by atoms with Crippen molar-refractivity contribution in [1.82, 2.24) is 0 Å². The van der Waals surface area contributed by atoms with Gasteiger partial charge < -0.3 is 25.5 Å². The average Bonchev–Trinajstić information content (AvgIpc) is 2.48. The van der Waals surface area contributed by atoms with Crippen LogP contribution in [-0.2, 0) is 6.42 Å². The van der Waals surface area contributed by atoms with Crippen molar-refractivity contribution < 1.29 is 25.5 Å². The molecule has 2 aromatic carbocycles. The molecule has 1 unspecified atom stereocenters. The lowest BCUT2D eigenvalue weighted by Gasteiger charge is -2.13. The SMILES string of the molecule is C=C(C)C(O)Cc1cc(/C=C/c2cc(O)cc(O)c2)cc(O)c1O. The molecule has 0 saturated carbocycles. The van der Waals surface area contributed by atoms with Gasteiger partial charge in [0.15, 0.2) is 11.5 Å². The van der Waals surface area contributed by atoms with E-state index < -0.39 is 6.10 Å². The van der Waals surface area contributed by atoms with E-state index in [-0.39, 0.29) is 29.4 Å². The van der Waals surface area contributed by atoms with Gasteiger partial charge in [-0.2, -0.15) is 0 Å². The van der Waals surface area contributed by atoms with E-state index >= 15 is 0 Å². The van der Waals surface area contributed by atoms with Gasteiger partial charge in [0.25, 0.3) is 0 Å². The fourth-order valence-electron chi connectivity index (χ4n) is 2.24. The maximum Gasteiger partial charge on any atom is 0.160 e. The standard InChI is InChI=1S/C19H20O5/c1-11(2)17(22)9-14-5-12(8-18(23)19(14)24)3-4-13-6-15(20)10-16(21)7-13/h3-8,10,17,20-24H,1,9H2,2H3/b4-3+. The van der Waals surface area contributed by atoms with Crippen LogP contribution < -0.4 is 0 Å². The molecule has 2 aromatic rings. The van der Waals surface area contributed by atoms with Crippen molar-refractivity contribution >= 4 is 12.2 Å².